The first-order valence-corrected chi connectivity index (χ1v) is 8.39. The van der Waals surface area contributed by atoms with E-state index < -0.39 is 5.60 Å². The molecule has 1 fully saturated rings. The van der Waals surface area contributed by atoms with Crippen molar-refractivity contribution in [3.63, 3.8) is 0 Å². The highest BCUT2D eigenvalue weighted by atomic mass is 35.5. The lowest BCUT2D eigenvalue weighted by Crippen LogP contribution is -2.45. The van der Waals surface area contributed by atoms with Crippen LogP contribution in [0.3, 0.4) is 0 Å². The quantitative estimate of drug-likeness (QED) is 0.721. The molecule has 0 radical (unpaired) electrons. The molecule has 1 aromatic carbocycles. The Balaban J connectivity index is 1.75. The van der Waals surface area contributed by atoms with E-state index in [0.29, 0.717) is 23.4 Å². The van der Waals surface area contributed by atoms with Crippen molar-refractivity contribution < 1.29 is 14.7 Å². The van der Waals surface area contributed by atoms with Gasteiger partial charge >= 0.3 is 0 Å². The maximum atomic E-state index is 11.9. The molecule has 2 amide bonds. The molecule has 0 heterocycles. The minimum Gasteiger partial charge on any atom is -0.388 e. The zero-order valence-electron chi connectivity index (χ0n) is 13.1. The fourth-order valence-electron chi connectivity index (χ4n) is 2.78. The first kappa shape index (κ1) is 17.8. The maximum absolute atomic E-state index is 11.9. The van der Waals surface area contributed by atoms with E-state index in [4.69, 9.17) is 11.6 Å². The van der Waals surface area contributed by atoms with Crippen LogP contribution in [0.5, 0.6) is 0 Å². The highest BCUT2D eigenvalue weighted by Crippen LogP contribution is 2.26. The summed E-state index contributed by atoms with van der Waals surface area (Å²) in [4.78, 5) is 23.8. The average Bonchev–Trinajstić information content (AvgIpc) is 2.76. The van der Waals surface area contributed by atoms with Crippen LogP contribution in [0.25, 0.3) is 0 Å². The van der Waals surface area contributed by atoms with E-state index in [2.05, 4.69) is 10.6 Å². The first-order chi connectivity index (χ1) is 11.0. The molecule has 0 unspecified atom stereocenters. The van der Waals surface area contributed by atoms with Gasteiger partial charge in [-0.05, 0) is 31.0 Å². The molecular formula is C17H23ClN2O3. The molecule has 126 valence electrons. The van der Waals surface area contributed by atoms with Crippen LogP contribution in [-0.2, 0) is 4.79 Å². The zero-order chi connectivity index (χ0) is 16.7. The van der Waals surface area contributed by atoms with Gasteiger partial charge in [0.05, 0.1) is 12.1 Å². The summed E-state index contributed by atoms with van der Waals surface area (Å²) in [6, 6.07) is 6.54. The fraction of sp³-hybridized carbons (Fsp3) is 0.529. The molecule has 0 bridgehead atoms. The highest BCUT2D eigenvalue weighted by Gasteiger charge is 2.28. The minimum atomic E-state index is -0.816. The van der Waals surface area contributed by atoms with E-state index in [-0.39, 0.29) is 24.9 Å². The van der Waals surface area contributed by atoms with Gasteiger partial charge in [0.15, 0.2) is 0 Å². The van der Waals surface area contributed by atoms with Crippen molar-refractivity contribution in [1.82, 2.24) is 10.6 Å². The molecule has 0 aliphatic heterocycles. The summed E-state index contributed by atoms with van der Waals surface area (Å²) in [6.45, 7) is 0.111. The Bertz CT molecular complexity index is 555. The fourth-order valence-corrected chi connectivity index (χ4v) is 2.97. The number of carbonyl (C=O) groups is 2. The van der Waals surface area contributed by atoms with Gasteiger partial charge in [0.25, 0.3) is 5.91 Å². The molecule has 0 spiro atoms. The van der Waals surface area contributed by atoms with Crippen molar-refractivity contribution in [3.05, 3.63) is 34.9 Å². The Morgan fingerprint density at radius 3 is 2.48 bits per heavy atom. The molecule has 0 atom stereocenters. The largest absolute Gasteiger partial charge is 0.388 e. The monoisotopic (exact) mass is 338 g/mol. The van der Waals surface area contributed by atoms with E-state index in [9.17, 15) is 14.7 Å². The van der Waals surface area contributed by atoms with Crippen molar-refractivity contribution in [3.8, 4) is 0 Å². The Morgan fingerprint density at radius 1 is 1.13 bits per heavy atom. The van der Waals surface area contributed by atoms with Crippen LogP contribution in [0.1, 0.15) is 48.9 Å². The molecule has 6 heteroatoms. The van der Waals surface area contributed by atoms with Gasteiger partial charge in [-0.2, -0.15) is 0 Å². The van der Waals surface area contributed by atoms with E-state index in [1.165, 1.54) is 0 Å². The summed E-state index contributed by atoms with van der Waals surface area (Å²) < 4.78 is 0. The molecule has 2 rings (SSSR count). The third-order valence-corrected chi connectivity index (χ3v) is 4.38. The zero-order valence-corrected chi connectivity index (χ0v) is 13.9. The third kappa shape index (κ3) is 5.84. The van der Waals surface area contributed by atoms with Gasteiger partial charge in [-0.3, -0.25) is 9.59 Å². The molecule has 5 nitrogen and oxygen atoms in total. The average molecular weight is 339 g/mol. The second-order valence-corrected chi connectivity index (χ2v) is 6.54. The van der Waals surface area contributed by atoms with Crippen LogP contribution < -0.4 is 10.6 Å². The standard InChI is InChI=1S/C17H23ClN2O3/c18-14-7-5-6-13(10-14)16(22)19-11-15(21)20-12-17(23)8-3-1-2-4-9-17/h5-7,10,23H,1-4,8-9,11-12H2,(H,19,22)(H,20,21). The number of rotatable bonds is 5. The molecular weight excluding hydrogens is 316 g/mol. The van der Waals surface area contributed by atoms with Crippen molar-refractivity contribution in [1.29, 1.82) is 0 Å². The number of halogens is 1. The van der Waals surface area contributed by atoms with Gasteiger partial charge in [0.1, 0.15) is 0 Å². The molecule has 1 saturated carbocycles. The predicted molar refractivity (Wildman–Crippen MR) is 89.4 cm³/mol. The van der Waals surface area contributed by atoms with Crippen LogP contribution in [-0.4, -0.2) is 35.6 Å². The second kappa shape index (κ2) is 8.31. The number of benzene rings is 1. The van der Waals surface area contributed by atoms with E-state index >= 15 is 0 Å². The Labute approximate surface area is 141 Å². The topological polar surface area (TPSA) is 78.4 Å². The van der Waals surface area contributed by atoms with E-state index in [0.717, 1.165) is 25.7 Å². The molecule has 0 aromatic heterocycles. The van der Waals surface area contributed by atoms with Crippen LogP contribution >= 0.6 is 11.6 Å². The van der Waals surface area contributed by atoms with Crippen LogP contribution in [0.4, 0.5) is 0 Å². The van der Waals surface area contributed by atoms with Crippen molar-refractivity contribution in [2.24, 2.45) is 0 Å². The Kier molecular flexibility index (Phi) is 6.42. The summed E-state index contributed by atoms with van der Waals surface area (Å²) in [7, 11) is 0. The lowest BCUT2D eigenvalue weighted by Gasteiger charge is -2.26. The third-order valence-electron chi connectivity index (χ3n) is 4.15. The molecule has 1 aliphatic carbocycles. The number of carbonyl (C=O) groups excluding carboxylic acids is 2. The van der Waals surface area contributed by atoms with Crippen molar-refractivity contribution in [2.75, 3.05) is 13.1 Å². The van der Waals surface area contributed by atoms with Crippen molar-refractivity contribution in [2.45, 2.75) is 44.1 Å². The SMILES string of the molecule is O=C(CNC(=O)c1cccc(Cl)c1)NCC1(O)CCCCCC1. The predicted octanol–water partition coefficient (Wildman–Crippen LogP) is 2.27. The summed E-state index contributed by atoms with van der Waals surface area (Å²) in [6.07, 6.45) is 5.65. The van der Waals surface area contributed by atoms with Gasteiger partial charge in [-0.15, -0.1) is 0 Å². The summed E-state index contributed by atoms with van der Waals surface area (Å²) in [5, 5.41) is 16.2. The molecule has 1 aliphatic rings. The van der Waals surface area contributed by atoms with Gasteiger partial charge in [0, 0.05) is 17.1 Å². The van der Waals surface area contributed by atoms with Gasteiger partial charge in [0.2, 0.25) is 5.91 Å². The summed E-state index contributed by atoms with van der Waals surface area (Å²) in [5.74, 6) is -0.658. The molecule has 1 aromatic rings. The Hall–Kier alpha value is -1.59. The lowest BCUT2D eigenvalue weighted by atomic mass is 9.94. The highest BCUT2D eigenvalue weighted by molar-refractivity contribution is 6.30. The van der Waals surface area contributed by atoms with Crippen molar-refractivity contribution >= 4 is 23.4 Å². The van der Waals surface area contributed by atoms with Gasteiger partial charge < -0.3 is 15.7 Å². The van der Waals surface area contributed by atoms with E-state index in [1.807, 2.05) is 0 Å². The summed E-state index contributed by atoms with van der Waals surface area (Å²) >= 11 is 5.83. The number of amides is 2. The second-order valence-electron chi connectivity index (χ2n) is 6.11. The molecule has 23 heavy (non-hydrogen) atoms. The van der Waals surface area contributed by atoms with E-state index in [1.54, 1.807) is 24.3 Å². The first-order valence-electron chi connectivity index (χ1n) is 8.01. The maximum Gasteiger partial charge on any atom is 0.251 e. The van der Waals surface area contributed by atoms with Gasteiger partial charge in [-0.1, -0.05) is 43.4 Å². The number of nitrogens with one attached hydrogen (secondary N) is 2. The minimum absolute atomic E-state index is 0.124. The van der Waals surface area contributed by atoms with Gasteiger partial charge in [-0.25, -0.2) is 0 Å². The molecule has 3 N–H and O–H groups in total. The summed E-state index contributed by atoms with van der Waals surface area (Å²) in [5.41, 5.74) is -0.406. The smallest absolute Gasteiger partial charge is 0.251 e. The molecule has 0 saturated heterocycles. The van der Waals surface area contributed by atoms with Crippen LogP contribution in [0.15, 0.2) is 24.3 Å². The normalized spacial score (nSPS) is 17.1. The number of hydrogen-bond donors (Lipinski definition) is 3. The number of aliphatic hydroxyl groups is 1. The number of hydrogen-bond acceptors (Lipinski definition) is 3. The lowest BCUT2D eigenvalue weighted by molar-refractivity contribution is -0.121. The Morgan fingerprint density at radius 2 is 1.83 bits per heavy atom. The van der Waals surface area contributed by atoms with Crippen LogP contribution in [0.2, 0.25) is 5.02 Å². The van der Waals surface area contributed by atoms with Crippen LogP contribution in [0, 0.1) is 0 Å².